The first-order valence-electron chi connectivity index (χ1n) is 8.80. The fourth-order valence-corrected chi connectivity index (χ4v) is 3.38. The number of carbonyl (C=O) groups excluding carboxylic acids is 1. The molecule has 4 nitrogen and oxygen atoms in total. The van der Waals surface area contributed by atoms with Gasteiger partial charge in [-0.1, -0.05) is 36.4 Å². The maximum atomic E-state index is 12.2. The monoisotopic (exact) mass is 363 g/mol. The Bertz CT molecular complexity index is 896. The van der Waals surface area contributed by atoms with Gasteiger partial charge in [0.1, 0.15) is 0 Å². The van der Waals surface area contributed by atoms with E-state index in [9.17, 15) is 4.79 Å². The minimum atomic E-state index is -0.0454. The van der Waals surface area contributed by atoms with Crippen LogP contribution in [0, 0.1) is 0 Å². The lowest BCUT2D eigenvalue weighted by Gasteiger charge is -2.06. The Balaban J connectivity index is 1.37. The summed E-state index contributed by atoms with van der Waals surface area (Å²) in [7, 11) is 0. The van der Waals surface area contributed by atoms with Crippen LogP contribution in [-0.4, -0.2) is 22.4 Å². The van der Waals surface area contributed by atoms with Crippen LogP contribution < -0.4 is 5.32 Å². The zero-order chi connectivity index (χ0) is 17.9. The zero-order valence-corrected chi connectivity index (χ0v) is 15.5. The molecule has 0 aliphatic heterocycles. The van der Waals surface area contributed by atoms with Crippen molar-refractivity contribution in [1.82, 2.24) is 10.2 Å². The van der Waals surface area contributed by atoms with E-state index in [0.29, 0.717) is 18.2 Å². The van der Waals surface area contributed by atoms with Crippen molar-refractivity contribution in [1.29, 1.82) is 0 Å². The predicted molar refractivity (Wildman–Crippen MR) is 107 cm³/mol. The van der Waals surface area contributed by atoms with Crippen molar-refractivity contribution < 1.29 is 4.79 Å². The normalized spacial score (nSPS) is 13.6. The Hall–Kier alpha value is -2.53. The molecule has 2 N–H and O–H groups in total. The molecule has 5 heteroatoms. The summed E-state index contributed by atoms with van der Waals surface area (Å²) < 4.78 is 0. The number of benzene rings is 2. The van der Waals surface area contributed by atoms with Crippen molar-refractivity contribution in [2.75, 3.05) is 11.6 Å². The SMILES string of the molecule is CSc1ccc(-c2ccc(CC(=O)Nc3cc(C4CC4)[nH]n3)cc2)cc1. The molecular formula is C21H21N3OS. The van der Waals surface area contributed by atoms with Crippen molar-refractivity contribution in [3.8, 4) is 11.1 Å². The van der Waals surface area contributed by atoms with E-state index in [2.05, 4.69) is 58.2 Å². The summed E-state index contributed by atoms with van der Waals surface area (Å²) in [5, 5.41) is 10.0. The number of anilines is 1. The van der Waals surface area contributed by atoms with Crippen molar-refractivity contribution in [2.24, 2.45) is 0 Å². The molecule has 1 saturated carbocycles. The number of aromatic nitrogens is 2. The second kappa shape index (κ2) is 7.38. The van der Waals surface area contributed by atoms with Crippen LogP contribution in [0.25, 0.3) is 11.1 Å². The molecule has 1 aromatic heterocycles. The molecule has 26 heavy (non-hydrogen) atoms. The van der Waals surface area contributed by atoms with E-state index in [1.165, 1.54) is 23.3 Å². The van der Waals surface area contributed by atoms with E-state index in [1.807, 2.05) is 18.2 Å². The van der Waals surface area contributed by atoms with Crippen molar-refractivity contribution in [2.45, 2.75) is 30.1 Å². The van der Waals surface area contributed by atoms with E-state index in [0.717, 1.165) is 16.8 Å². The third kappa shape index (κ3) is 3.99. The summed E-state index contributed by atoms with van der Waals surface area (Å²) in [6.45, 7) is 0. The first-order valence-corrected chi connectivity index (χ1v) is 10.0. The fraction of sp³-hybridized carbons (Fsp3) is 0.238. The van der Waals surface area contributed by atoms with E-state index in [4.69, 9.17) is 0 Å². The number of thioether (sulfide) groups is 1. The fourth-order valence-electron chi connectivity index (χ4n) is 2.98. The molecular weight excluding hydrogens is 342 g/mol. The number of hydrogen-bond acceptors (Lipinski definition) is 3. The second-order valence-corrected chi connectivity index (χ2v) is 7.51. The summed E-state index contributed by atoms with van der Waals surface area (Å²) >= 11 is 1.74. The van der Waals surface area contributed by atoms with Crippen LogP contribution in [-0.2, 0) is 11.2 Å². The molecule has 132 valence electrons. The van der Waals surface area contributed by atoms with Crippen LogP contribution in [0.3, 0.4) is 0 Å². The Kier molecular flexibility index (Phi) is 4.80. The summed E-state index contributed by atoms with van der Waals surface area (Å²) in [4.78, 5) is 13.5. The number of hydrogen-bond donors (Lipinski definition) is 2. The highest BCUT2D eigenvalue weighted by Crippen LogP contribution is 2.39. The molecule has 0 spiro atoms. The van der Waals surface area contributed by atoms with Crippen LogP contribution in [0.4, 0.5) is 5.82 Å². The molecule has 0 radical (unpaired) electrons. The van der Waals surface area contributed by atoms with Gasteiger partial charge in [0.15, 0.2) is 5.82 Å². The Morgan fingerprint density at radius 2 is 1.77 bits per heavy atom. The molecule has 1 amide bonds. The van der Waals surface area contributed by atoms with Gasteiger partial charge in [-0.15, -0.1) is 11.8 Å². The molecule has 2 aromatic carbocycles. The van der Waals surface area contributed by atoms with Gasteiger partial charge in [0.05, 0.1) is 6.42 Å². The topological polar surface area (TPSA) is 57.8 Å². The van der Waals surface area contributed by atoms with E-state index >= 15 is 0 Å². The minimum Gasteiger partial charge on any atom is -0.309 e. The molecule has 0 unspecified atom stereocenters. The second-order valence-electron chi connectivity index (χ2n) is 6.63. The van der Waals surface area contributed by atoms with Gasteiger partial charge in [-0.3, -0.25) is 9.89 Å². The molecule has 0 saturated heterocycles. The van der Waals surface area contributed by atoms with Crippen LogP contribution in [0.15, 0.2) is 59.5 Å². The van der Waals surface area contributed by atoms with Crippen molar-refractivity contribution in [3.63, 3.8) is 0 Å². The number of nitrogens with one attached hydrogen (secondary N) is 2. The lowest BCUT2D eigenvalue weighted by atomic mass is 10.0. The first kappa shape index (κ1) is 16.9. The van der Waals surface area contributed by atoms with Crippen LogP contribution in [0.1, 0.15) is 30.0 Å². The van der Waals surface area contributed by atoms with Gasteiger partial charge < -0.3 is 5.32 Å². The highest BCUT2D eigenvalue weighted by atomic mass is 32.2. The molecule has 1 aliphatic carbocycles. The quantitative estimate of drug-likeness (QED) is 0.615. The standard InChI is InChI=1S/C21H21N3OS/c1-26-18-10-8-16(9-11-18)15-4-2-14(3-5-15)12-21(25)22-20-13-19(23-24-20)17-6-7-17/h2-5,8-11,13,17H,6-7,12H2,1H3,(H2,22,23,24,25). The lowest BCUT2D eigenvalue weighted by molar-refractivity contribution is -0.115. The maximum absolute atomic E-state index is 12.2. The third-order valence-corrected chi connectivity index (χ3v) is 5.37. The number of H-pyrrole nitrogens is 1. The van der Waals surface area contributed by atoms with Crippen LogP contribution in [0.5, 0.6) is 0 Å². The minimum absolute atomic E-state index is 0.0454. The molecule has 3 aromatic rings. The first-order chi connectivity index (χ1) is 12.7. The predicted octanol–water partition coefficient (Wildman–Crippen LogP) is 4.86. The van der Waals surface area contributed by atoms with Crippen LogP contribution >= 0.6 is 11.8 Å². The average Bonchev–Trinajstić information content (AvgIpc) is 3.42. The Labute approximate surface area is 157 Å². The Morgan fingerprint density at radius 1 is 1.12 bits per heavy atom. The lowest BCUT2D eigenvalue weighted by Crippen LogP contribution is -2.14. The summed E-state index contributed by atoms with van der Waals surface area (Å²) in [6, 6.07) is 18.6. The number of carbonyl (C=O) groups is 1. The van der Waals surface area contributed by atoms with Gasteiger partial charge in [0, 0.05) is 22.6 Å². The van der Waals surface area contributed by atoms with E-state index < -0.39 is 0 Å². The number of amides is 1. The Morgan fingerprint density at radius 3 is 2.38 bits per heavy atom. The van der Waals surface area contributed by atoms with Crippen molar-refractivity contribution in [3.05, 3.63) is 65.9 Å². The number of nitrogens with zero attached hydrogens (tertiary/aromatic N) is 1. The van der Waals surface area contributed by atoms with Gasteiger partial charge in [0.25, 0.3) is 0 Å². The summed E-state index contributed by atoms with van der Waals surface area (Å²) in [5.41, 5.74) is 4.45. The van der Waals surface area contributed by atoms with Crippen LogP contribution in [0.2, 0.25) is 0 Å². The maximum Gasteiger partial charge on any atom is 0.229 e. The van der Waals surface area contributed by atoms with Gasteiger partial charge in [-0.25, -0.2) is 0 Å². The molecule has 1 heterocycles. The highest BCUT2D eigenvalue weighted by Gasteiger charge is 2.25. The molecule has 0 bridgehead atoms. The van der Waals surface area contributed by atoms with Gasteiger partial charge in [-0.2, -0.15) is 5.10 Å². The van der Waals surface area contributed by atoms with Crippen molar-refractivity contribution >= 4 is 23.5 Å². The third-order valence-electron chi connectivity index (χ3n) is 4.62. The number of rotatable bonds is 6. The van der Waals surface area contributed by atoms with Gasteiger partial charge in [-0.05, 0) is 47.9 Å². The highest BCUT2D eigenvalue weighted by molar-refractivity contribution is 7.98. The number of aromatic amines is 1. The summed E-state index contributed by atoms with van der Waals surface area (Å²) in [6.07, 6.45) is 4.84. The van der Waals surface area contributed by atoms with Gasteiger partial charge in [0.2, 0.25) is 5.91 Å². The summed E-state index contributed by atoms with van der Waals surface area (Å²) in [5.74, 6) is 1.17. The van der Waals surface area contributed by atoms with Gasteiger partial charge >= 0.3 is 0 Å². The molecule has 1 fully saturated rings. The largest absolute Gasteiger partial charge is 0.309 e. The smallest absolute Gasteiger partial charge is 0.229 e. The zero-order valence-electron chi connectivity index (χ0n) is 14.7. The molecule has 4 rings (SSSR count). The van der Waals surface area contributed by atoms with E-state index in [-0.39, 0.29) is 5.91 Å². The van der Waals surface area contributed by atoms with E-state index in [1.54, 1.807) is 11.8 Å². The molecule has 1 aliphatic rings. The molecule has 0 atom stereocenters. The average molecular weight is 363 g/mol.